The molecule has 0 saturated carbocycles. The maximum atomic E-state index is 10.3. The first kappa shape index (κ1) is 13.3. The van der Waals surface area contributed by atoms with Gasteiger partial charge < -0.3 is 5.32 Å². The maximum absolute atomic E-state index is 10.3. The fraction of sp³-hybridized carbons (Fsp3) is 0. The van der Waals surface area contributed by atoms with E-state index >= 15 is 0 Å². The van der Waals surface area contributed by atoms with E-state index < -0.39 is 0 Å². The van der Waals surface area contributed by atoms with Crippen molar-refractivity contribution in [2.75, 3.05) is 5.32 Å². The summed E-state index contributed by atoms with van der Waals surface area (Å²) in [5, 5.41) is 12.5. The fourth-order valence-corrected chi connectivity index (χ4v) is 3.59. The first-order valence-electron chi connectivity index (χ1n) is 5.52. The van der Waals surface area contributed by atoms with Gasteiger partial charge in [-0.05, 0) is 18.2 Å². The summed E-state index contributed by atoms with van der Waals surface area (Å²) in [4.78, 5) is 15.7. The molecule has 0 aliphatic heterocycles. The molecule has 0 aliphatic carbocycles. The molecule has 100 valence electrons. The Bertz CT molecular complexity index is 777. The normalized spacial score (nSPS) is 10.7. The summed E-state index contributed by atoms with van der Waals surface area (Å²) in [6.45, 7) is 0. The Morgan fingerprint density at radius 2 is 2.20 bits per heavy atom. The van der Waals surface area contributed by atoms with Crippen LogP contribution in [-0.4, -0.2) is 21.6 Å². The molecule has 0 radical (unpaired) electrons. The number of hydrogen-bond donors (Lipinski definition) is 1. The smallest absolute Gasteiger partial charge is 0.213 e. The van der Waals surface area contributed by atoms with Crippen LogP contribution in [-0.2, 0) is 4.79 Å². The molecular weight excluding hydrogens is 316 g/mol. The number of carbonyl (C=O) groups is 1. The van der Waals surface area contributed by atoms with Crippen molar-refractivity contribution in [3.63, 3.8) is 0 Å². The van der Waals surface area contributed by atoms with Crippen LogP contribution in [0.1, 0.15) is 0 Å². The first-order valence-corrected chi connectivity index (χ1v) is 7.53. The summed E-state index contributed by atoms with van der Waals surface area (Å²) in [6.07, 6.45) is 2.31. The fourth-order valence-electron chi connectivity index (χ4n) is 1.64. The van der Waals surface area contributed by atoms with Gasteiger partial charge in [0.25, 0.3) is 0 Å². The third kappa shape index (κ3) is 2.74. The Morgan fingerprint density at radius 3 is 3.05 bits per heavy atom. The molecule has 3 aromatic rings. The van der Waals surface area contributed by atoms with Crippen LogP contribution in [0.4, 0.5) is 5.13 Å². The zero-order valence-electron chi connectivity index (χ0n) is 9.91. The van der Waals surface area contributed by atoms with Crippen molar-refractivity contribution in [1.82, 2.24) is 15.2 Å². The zero-order chi connectivity index (χ0) is 13.9. The third-order valence-corrected chi connectivity index (χ3v) is 4.67. The molecule has 8 heteroatoms. The predicted molar refractivity (Wildman–Crippen MR) is 80.5 cm³/mol. The van der Waals surface area contributed by atoms with Crippen molar-refractivity contribution in [3.05, 3.63) is 35.5 Å². The Kier molecular flexibility index (Phi) is 3.81. The second-order valence-electron chi connectivity index (χ2n) is 3.71. The van der Waals surface area contributed by atoms with Gasteiger partial charge in [0.15, 0.2) is 4.34 Å². The Balaban J connectivity index is 1.95. The second-order valence-corrected chi connectivity index (χ2v) is 6.41. The van der Waals surface area contributed by atoms with Gasteiger partial charge in [-0.1, -0.05) is 40.8 Å². The molecule has 2 aromatic heterocycles. The van der Waals surface area contributed by atoms with E-state index in [4.69, 9.17) is 11.6 Å². The minimum Gasteiger partial charge on any atom is -0.303 e. The summed E-state index contributed by atoms with van der Waals surface area (Å²) in [5.41, 5.74) is 0.832. The highest BCUT2D eigenvalue weighted by molar-refractivity contribution is 8.01. The maximum Gasteiger partial charge on any atom is 0.213 e. The van der Waals surface area contributed by atoms with E-state index in [1.165, 1.54) is 23.1 Å². The number of carbonyl (C=O) groups excluding carboxylic acids is 1. The van der Waals surface area contributed by atoms with Gasteiger partial charge in [0, 0.05) is 21.5 Å². The number of nitrogens with one attached hydrogen (secondary N) is 1. The number of aromatic nitrogens is 3. The van der Waals surface area contributed by atoms with Crippen LogP contribution in [0.25, 0.3) is 10.9 Å². The minimum absolute atomic E-state index is 0.476. The van der Waals surface area contributed by atoms with Crippen molar-refractivity contribution >= 4 is 57.1 Å². The van der Waals surface area contributed by atoms with Crippen molar-refractivity contribution in [2.24, 2.45) is 0 Å². The van der Waals surface area contributed by atoms with E-state index in [-0.39, 0.29) is 0 Å². The molecule has 5 nitrogen and oxygen atoms in total. The molecule has 20 heavy (non-hydrogen) atoms. The van der Waals surface area contributed by atoms with Gasteiger partial charge in [0.2, 0.25) is 11.5 Å². The summed E-state index contributed by atoms with van der Waals surface area (Å²) < 4.78 is 0.747. The number of hydrogen-bond acceptors (Lipinski definition) is 6. The molecule has 0 unspecified atom stereocenters. The van der Waals surface area contributed by atoms with Crippen molar-refractivity contribution < 1.29 is 4.79 Å². The van der Waals surface area contributed by atoms with Crippen molar-refractivity contribution in [3.8, 4) is 0 Å². The van der Waals surface area contributed by atoms with E-state index in [0.29, 0.717) is 16.6 Å². The molecular formula is C12H7ClN4OS2. The number of fused-ring (bicyclic) bond motifs is 1. The number of nitrogens with zero attached hydrogens (tertiary/aromatic N) is 3. The monoisotopic (exact) mass is 322 g/mol. The lowest BCUT2D eigenvalue weighted by atomic mass is 10.2. The number of anilines is 1. The lowest BCUT2D eigenvalue weighted by molar-refractivity contribution is -0.105. The van der Waals surface area contributed by atoms with Gasteiger partial charge >= 0.3 is 0 Å². The molecule has 2 heterocycles. The summed E-state index contributed by atoms with van der Waals surface area (Å²) >= 11 is 8.75. The SMILES string of the molecule is O=CNc1nnc(Sc2ccnc3cc(Cl)ccc23)s1. The van der Waals surface area contributed by atoms with Crippen molar-refractivity contribution in [2.45, 2.75) is 9.24 Å². The minimum atomic E-state index is 0.476. The summed E-state index contributed by atoms with van der Waals surface area (Å²) in [7, 11) is 0. The average Bonchev–Trinajstić information content (AvgIpc) is 2.86. The van der Waals surface area contributed by atoms with E-state index in [1.807, 2.05) is 24.3 Å². The lowest BCUT2D eigenvalue weighted by Gasteiger charge is -2.03. The van der Waals surface area contributed by atoms with Crippen LogP contribution < -0.4 is 5.32 Å². The van der Waals surface area contributed by atoms with E-state index in [9.17, 15) is 4.79 Å². The zero-order valence-corrected chi connectivity index (χ0v) is 12.3. The highest BCUT2D eigenvalue weighted by Crippen LogP contribution is 2.35. The van der Waals surface area contributed by atoms with Gasteiger partial charge in [-0.15, -0.1) is 10.2 Å². The topological polar surface area (TPSA) is 67.8 Å². The highest BCUT2D eigenvalue weighted by Gasteiger charge is 2.09. The third-order valence-electron chi connectivity index (χ3n) is 2.45. The molecule has 0 spiro atoms. The van der Waals surface area contributed by atoms with Crippen LogP contribution in [0.15, 0.2) is 39.7 Å². The van der Waals surface area contributed by atoms with Crippen LogP contribution in [0, 0.1) is 0 Å². The molecule has 3 rings (SSSR count). The average molecular weight is 323 g/mol. The summed E-state index contributed by atoms with van der Waals surface area (Å²) in [5.74, 6) is 0. The van der Waals surface area contributed by atoms with Gasteiger partial charge in [0.05, 0.1) is 5.52 Å². The second kappa shape index (κ2) is 5.74. The van der Waals surface area contributed by atoms with E-state index in [0.717, 1.165) is 20.1 Å². The Labute approximate surface area is 127 Å². The van der Waals surface area contributed by atoms with Gasteiger partial charge in [-0.3, -0.25) is 9.78 Å². The molecule has 1 amide bonds. The number of rotatable bonds is 4. The van der Waals surface area contributed by atoms with Crippen LogP contribution in [0.5, 0.6) is 0 Å². The molecule has 1 N–H and O–H groups in total. The molecule has 0 fully saturated rings. The molecule has 1 aromatic carbocycles. The molecule has 0 saturated heterocycles. The molecule has 0 aliphatic rings. The predicted octanol–water partition coefficient (Wildman–Crippen LogP) is 3.46. The number of benzene rings is 1. The number of pyridine rings is 1. The first-order chi connectivity index (χ1) is 9.76. The van der Waals surface area contributed by atoms with Crippen molar-refractivity contribution in [1.29, 1.82) is 0 Å². The Hall–Kier alpha value is -1.70. The summed E-state index contributed by atoms with van der Waals surface area (Å²) in [6, 6.07) is 7.49. The van der Waals surface area contributed by atoms with Crippen LogP contribution in [0.2, 0.25) is 5.02 Å². The van der Waals surface area contributed by atoms with E-state index in [1.54, 1.807) is 6.20 Å². The van der Waals surface area contributed by atoms with Gasteiger partial charge in [-0.25, -0.2) is 0 Å². The highest BCUT2D eigenvalue weighted by atomic mass is 35.5. The van der Waals surface area contributed by atoms with Crippen LogP contribution in [0.3, 0.4) is 0 Å². The lowest BCUT2D eigenvalue weighted by Crippen LogP contribution is -1.91. The Morgan fingerprint density at radius 1 is 1.30 bits per heavy atom. The largest absolute Gasteiger partial charge is 0.303 e. The number of halogens is 1. The molecule has 0 bridgehead atoms. The van der Waals surface area contributed by atoms with Gasteiger partial charge in [0.1, 0.15) is 0 Å². The van der Waals surface area contributed by atoms with Gasteiger partial charge in [-0.2, -0.15) is 0 Å². The van der Waals surface area contributed by atoms with Crippen LogP contribution >= 0.6 is 34.7 Å². The number of amides is 1. The molecule has 0 atom stereocenters. The quantitative estimate of drug-likeness (QED) is 0.588. The standard InChI is InChI=1S/C12H7ClN4OS2/c13-7-1-2-8-9(5-7)14-4-3-10(8)19-12-17-16-11(20-12)15-6-18/h1-6H,(H,15,16,18). The van der Waals surface area contributed by atoms with E-state index in [2.05, 4.69) is 20.5 Å².